The van der Waals surface area contributed by atoms with Crippen LogP contribution in [0.2, 0.25) is 0 Å². The van der Waals surface area contributed by atoms with Crippen molar-refractivity contribution in [3.8, 4) is 0 Å². The molecular formula is C19H18N4O5. The van der Waals surface area contributed by atoms with Crippen molar-refractivity contribution < 1.29 is 14.3 Å². The van der Waals surface area contributed by atoms with Crippen LogP contribution in [-0.4, -0.2) is 33.5 Å². The fraction of sp³-hybridized carbons (Fsp3) is 0.211. The Labute approximate surface area is 159 Å². The lowest BCUT2D eigenvalue weighted by atomic mass is 10.2. The van der Waals surface area contributed by atoms with Crippen molar-refractivity contribution >= 4 is 28.6 Å². The number of amides is 1. The lowest BCUT2D eigenvalue weighted by Gasteiger charge is -2.09. The Hall–Kier alpha value is -3.75. The highest BCUT2D eigenvalue weighted by molar-refractivity contribution is 6.06. The standard InChI is InChI=1S/C19H18N4O5/c1-3-7-23-15-14(17(25)22-19(23)27)9-12(10-20-15)16(24)21-13-6-4-5-11(8-13)18(26)28-2/h4-6,8-10H,3,7H2,1-2H3,(H,21,24)(H,22,25,27). The number of hydrogen-bond acceptors (Lipinski definition) is 6. The molecule has 0 aliphatic heterocycles. The molecule has 9 heteroatoms. The van der Waals surface area contributed by atoms with E-state index in [0.717, 1.165) is 0 Å². The van der Waals surface area contributed by atoms with Crippen molar-refractivity contribution in [1.82, 2.24) is 14.5 Å². The molecular weight excluding hydrogens is 364 g/mol. The molecule has 3 aromatic rings. The number of aromatic nitrogens is 3. The van der Waals surface area contributed by atoms with Crippen molar-refractivity contribution in [2.75, 3.05) is 12.4 Å². The molecule has 28 heavy (non-hydrogen) atoms. The number of esters is 1. The van der Waals surface area contributed by atoms with E-state index in [0.29, 0.717) is 18.7 Å². The van der Waals surface area contributed by atoms with Crippen LogP contribution >= 0.6 is 0 Å². The van der Waals surface area contributed by atoms with E-state index in [1.165, 1.54) is 30.0 Å². The fourth-order valence-electron chi connectivity index (χ4n) is 2.77. The zero-order valence-electron chi connectivity index (χ0n) is 15.3. The van der Waals surface area contributed by atoms with Crippen LogP contribution < -0.4 is 16.6 Å². The van der Waals surface area contributed by atoms with Crippen LogP contribution in [0.25, 0.3) is 11.0 Å². The molecule has 0 radical (unpaired) electrons. The summed E-state index contributed by atoms with van der Waals surface area (Å²) in [6, 6.07) is 7.64. The number of fused-ring (bicyclic) bond motifs is 1. The Morgan fingerprint density at radius 3 is 2.71 bits per heavy atom. The number of rotatable bonds is 5. The first-order valence-electron chi connectivity index (χ1n) is 8.57. The van der Waals surface area contributed by atoms with Gasteiger partial charge >= 0.3 is 11.7 Å². The number of benzene rings is 1. The molecule has 0 saturated heterocycles. The number of anilines is 1. The topological polar surface area (TPSA) is 123 Å². The second-order valence-corrected chi connectivity index (χ2v) is 6.03. The molecule has 9 nitrogen and oxygen atoms in total. The number of H-pyrrole nitrogens is 1. The minimum Gasteiger partial charge on any atom is -0.465 e. The zero-order chi connectivity index (χ0) is 20.3. The highest BCUT2D eigenvalue weighted by atomic mass is 16.5. The summed E-state index contributed by atoms with van der Waals surface area (Å²) in [5, 5.41) is 2.79. The van der Waals surface area contributed by atoms with Crippen molar-refractivity contribution in [2.24, 2.45) is 0 Å². The van der Waals surface area contributed by atoms with Crippen molar-refractivity contribution in [1.29, 1.82) is 0 Å². The normalized spacial score (nSPS) is 10.6. The van der Waals surface area contributed by atoms with Crippen LogP contribution in [0.1, 0.15) is 34.1 Å². The van der Waals surface area contributed by atoms with Gasteiger partial charge in [0.05, 0.1) is 23.6 Å². The summed E-state index contributed by atoms with van der Waals surface area (Å²) in [5.41, 5.74) is -0.108. The monoisotopic (exact) mass is 382 g/mol. The summed E-state index contributed by atoms with van der Waals surface area (Å²) >= 11 is 0. The molecule has 0 saturated carbocycles. The van der Waals surface area contributed by atoms with Gasteiger partial charge in [0.25, 0.3) is 11.5 Å². The van der Waals surface area contributed by atoms with E-state index in [4.69, 9.17) is 0 Å². The van der Waals surface area contributed by atoms with E-state index in [-0.39, 0.29) is 22.2 Å². The Morgan fingerprint density at radius 2 is 2.00 bits per heavy atom. The van der Waals surface area contributed by atoms with Gasteiger partial charge in [-0.3, -0.25) is 19.1 Å². The summed E-state index contributed by atoms with van der Waals surface area (Å²) in [7, 11) is 1.27. The van der Waals surface area contributed by atoms with Gasteiger partial charge < -0.3 is 10.1 Å². The lowest BCUT2D eigenvalue weighted by Crippen LogP contribution is -2.31. The number of pyridine rings is 1. The van der Waals surface area contributed by atoms with Gasteiger partial charge in [-0.1, -0.05) is 13.0 Å². The van der Waals surface area contributed by atoms with Crippen LogP contribution in [0.4, 0.5) is 5.69 Å². The van der Waals surface area contributed by atoms with Gasteiger partial charge in [0.1, 0.15) is 5.65 Å². The van der Waals surface area contributed by atoms with Crippen LogP contribution in [0.15, 0.2) is 46.1 Å². The van der Waals surface area contributed by atoms with Crippen LogP contribution in [0.3, 0.4) is 0 Å². The number of ether oxygens (including phenoxy) is 1. The number of nitrogens with one attached hydrogen (secondary N) is 2. The predicted octanol–water partition coefficient (Wildman–Crippen LogP) is 1.53. The first-order valence-corrected chi connectivity index (χ1v) is 8.57. The van der Waals surface area contributed by atoms with Gasteiger partial charge in [0, 0.05) is 18.4 Å². The molecule has 144 valence electrons. The predicted molar refractivity (Wildman–Crippen MR) is 103 cm³/mol. The molecule has 1 aromatic carbocycles. The average Bonchev–Trinajstić information content (AvgIpc) is 2.70. The average molecular weight is 382 g/mol. The molecule has 2 aromatic heterocycles. The van der Waals surface area contributed by atoms with Crippen molar-refractivity contribution in [2.45, 2.75) is 19.9 Å². The zero-order valence-corrected chi connectivity index (χ0v) is 15.3. The highest BCUT2D eigenvalue weighted by Crippen LogP contribution is 2.14. The SMILES string of the molecule is CCCn1c(=O)[nH]c(=O)c2cc(C(=O)Nc3cccc(C(=O)OC)c3)cnc21. The van der Waals surface area contributed by atoms with E-state index in [1.54, 1.807) is 18.2 Å². The molecule has 0 aliphatic carbocycles. The number of aromatic amines is 1. The van der Waals surface area contributed by atoms with Crippen LogP contribution in [0.5, 0.6) is 0 Å². The Kier molecular flexibility index (Phi) is 5.35. The number of carbonyl (C=O) groups excluding carboxylic acids is 2. The Bertz CT molecular complexity index is 1180. The van der Waals surface area contributed by atoms with Crippen molar-refractivity contribution in [3.63, 3.8) is 0 Å². The van der Waals surface area contributed by atoms with E-state index >= 15 is 0 Å². The van der Waals surface area contributed by atoms with Crippen LogP contribution in [-0.2, 0) is 11.3 Å². The van der Waals surface area contributed by atoms with E-state index < -0.39 is 23.1 Å². The summed E-state index contributed by atoms with van der Waals surface area (Å²) in [4.78, 5) is 54.7. The van der Waals surface area contributed by atoms with Gasteiger partial charge in [-0.2, -0.15) is 0 Å². The summed E-state index contributed by atoms with van der Waals surface area (Å²) < 4.78 is 6.01. The third kappa shape index (κ3) is 3.68. The number of carbonyl (C=O) groups is 2. The van der Waals surface area contributed by atoms with Gasteiger partial charge in [-0.25, -0.2) is 14.6 Å². The number of hydrogen-bond donors (Lipinski definition) is 2. The summed E-state index contributed by atoms with van der Waals surface area (Å²) in [6.07, 6.45) is 1.98. The molecule has 0 unspecified atom stereocenters. The largest absolute Gasteiger partial charge is 0.465 e. The van der Waals surface area contributed by atoms with E-state index in [1.807, 2.05) is 6.92 Å². The van der Waals surface area contributed by atoms with Gasteiger partial charge in [-0.05, 0) is 30.7 Å². The first-order chi connectivity index (χ1) is 13.4. The second-order valence-electron chi connectivity index (χ2n) is 6.03. The molecule has 2 N–H and O–H groups in total. The molecule has 0 aliphatic rings. The third-order valence-electron chi connectivity index (χ3n) is 4.08. The Morgan fingerprint density at radius 1 is 1.21 bits per heavy atom. The van der Waals surface area contributed by atoms with Gasteiger partial charge in [-0.15, -0.1) is 0 Å². The minimum atomic E-state index is -0.609. The number of aryl methyl sites for hydroxylation is 1. The van der Waals surface area contributed by atoms with Gasteiger partial charge in [0.2, 0.25) is 0 Å². The molecule has 0 bridgehead atoms. The molecule has 2 heterocycles. The third-order valence-corrected chi connectivity index (χ3v) is 4.08. The fourth-order valence-corrected chi connectivity index (χ4v) is 2.77. The Balaban J connectivity index is 1.96. The lowest BCUT2D eigenvalue weighted by molar-refractivity contribution is 0.0600. The maximum atomic E-state index is 12.5. The molecule has 0 spiro atoms. The van der Waals surface area contributed by atoms with E-state index in [2.05, 4.69) is 20.0 Å². The van der Waals surface area contributed by atoms with Crippen LogP contribution in [0, 0.1) is 0 Å². The molecule has 0 fully saturated rings. The maximum absolute atomic E-state index is 12.5. The minimum absolute atomic E-state index is 0.142. The van der Waals surface area contributed by atoms with Crippen molar-refractivity contribution in [3.05, 3.63) is 68.5 Å². The maximum Gasteiger partial charge on any atom is 0.337 e. The number of nitrogens with zero attached hydrogens (tertiary/aromatic N) is 2. The highest BCUT2D eigenvalue weighted by Gasteiger charge is 2.14. The summed E-state index contributed by atoms with van der Waals surface area (Å²) in [6.45, 7) is 2.29. The molecule has 3 rings (SSSR count). The van der Waals surface area contributed by atoms with E-state index in [9.17, 15) is 19.2 Å². The summed E-state index contributed by atoms with van der Waals surface area (Å²) in [5.74, 6) is -1.03. The number of methoxy groups -OCH3 is 1. The molecule has 1 amide bonds. The van der Waals surface area contributed by atoms with Gasteiger partial charge in [0.15, 0.2) is 0 Å². The smallest absolute Gasteiger partial charge is 0.337 e. The quantitative estimate of drug-likeness (QED) is 0.645. The second kappa shape index (κ2) is 7.87. The molecule has 0 atom stereocenters. The first kappa shape index (κ1) is 19.0.